The number of ether oxygens (including phenoxy) is 1. The smallest absolute Gasteiger partial charge is 0.339 e. The fourth-order valence-electron chi connectivity index (χ4n) is 3.35. The van der Waals surface area contributed by atoms with Gasteiger partial charge in [0.25, 0.3) is 0 Å². The van der Waals surface area contributed by atoms with Gasteiger partial charge < -0.3 is 9.64 Å². The van der Waals surface area contributed by atoms with Crippen molar-refractivity contribution in [2.24, 2.45) is 0 Å². The molecule has 2 heterocycles. The molecule has 30 heavy (non-hydrogen) atoms. The van der Waals surface area contributed by atoms with Gasteiger partial charge >= 0.3 is 5.97 Å². The van der Waals surface area contributed by atoms with Crippen LogP contribution in [0.5, 0.6) is 0 Å². The van der Waals surface area contributed by atoms with Gasteiger partial charge in [0.1, 0.15) is 6.61 Å². The SMILES string of the molecule is O=C(OCc1ccc(-n2cccn2)cc1)c1ccccc1SCC(=O)N1CCCC1. The number of carbonyl (C=O) groups is 2. The lowest BCUT2D eigenvalue weighted by Crippen LogP contribution is -2.29. The Bertz CT molecular complexity index is 997. The average molecular weight is 422 g/mol. The fraction of sp³-hybridized carbons (Fsp3) is 0.261. The molecule has 4 rings (SSSR count). The number of likely N-dealkylation sites (tertiary alicyclic amines) is 1. The Hall–Kier alpha value is -3.06. The first kappa shape index (κ1) is 20.2. The van der Waals surface area contributed by atoms with E-state index in [1.165, 1.54) is 11.8 Å². The van der Waals surface area contributed by atoms with E-state index in [9.17, 15) is 9.59 Å². The predicted molar refractivity (Wildman–Crippen MR) is 116 cm³/mol. The van der Waals surface area contributed by atoms with Gasteiger partial charge in [-0.1, -0.05) is 24.3 Å². The van der Waals surface area contributed by atoms with E-state index in [4.69, 9.17) is 4.74 Å². The lowest BCUT2D eigenvalue weighted by atomic mass is 10.2. The second-order valence-corrected chi connectivity index (χ2v) is 8.08. The van der Waals surface area contributed by atoms with Crippen molar-refractivity contribution < 1.29 is 14.3 Å². The highest BCUT2D eigenvalue weighted by Gasteiger charge is 2.19. The number of carbonyl (C=O) groups excluding carboxylic acids is 2. The zero-order valence-electron chi connectivity index (χ0n) is 16.6. The summed E-state index contributed by atoms with van der Waals surface area (Å²) in [5.41, 5.74) is 2.33. The number of rotatable bonds is 7. The molecule has 154 valence electrons. The first-order valence-electron chi connectivity index (χ1n) is 9.96. The molecule has 2 aromatic carbocycles. The summed E-state index contributed by atoms with van der Waals surface area (Å²) < 4.78 is 7.29. The highest BCUT2D eigenvalue weighted by Crippen LogP contribution is 2.25. The highest BCUT2D eigenvalue weighted by atomic mass is 32.2. The second-order valence-electron chi connectivity index (χ2n) is 7.07. The second kappa shape index (κ2) is 9.63. The van der Waals surface area contributed by atoms with Crippen LogP contribution in [0.1, 0.15) is 28.8 Å². The standard InChI is InChI=1S/C23H23N3O3S/c27-22(25-13-3-4-14-25)17-30-21-7-2-1-6-20(21)23(28)29-16-18-8-10-19(11-9-18)26-15-5-12-24-26/h1-2,5-12,15H,3-4,13-14,16-17H2. The summed E-state index contributed by atoms with van der Waals surface area (Å²) in [5, 5.41) is 4.20. The molecule has 1 aromatic heterocycles. The third kappa shape index (κ3) is 4.91. The van der Waals surface area contributed by atoms with Crippen LogP contribution in [0.15, 0.2) is 71.9 Å². The highest BCUT2D eigenvalue weighted by molar-refractivity contribution is 8.00. The molecule has 0 atom stereocenters. The van der Waals surface area contributed by atoms with Crippen LogP contribution in [0.25, 0.3) is 5.69 Å². The molecule has 1 saturated heterocycles. The first-order valence-corrected chi connectivity index (χ1v) is 10.9. The van der Waals surface area contributed by atoms with Crippen molar-refractivity contribution in [3.63, 3.8) is 0 Å². The van der Waals surface area contributed by atoms with Gasteiger partial charge in [-0.15, -0.1) is 11.8 Å². The summed E-state index contributed by atoms with van der Waals surface area (Å²) in [6, 6.07) is 16.8. The van der Waals surface area contributed by atoms with Crippen molar-refractivity contribution in [1.29, 1.82) is 0 Å². The monoisotopic (exact) mass is 421 g/mol. The molecule has 1 fully saturated rings. The molecule has 0 aliphatic carbocycles. The molecule has 6 nitrogen and oxygen atoms in total. The first-order chi connectivity index (χ1) is 14.7. The molecule has 7 heteroatoms. The minimum Gasteiger partial charge on any atom is -0.457 e. The normalized spacial score (nSPS) is 13.4. The van der Waals surface area contributed by atoms with Crippen molar-refractivity contribution in [2.75, 3.05) is 18.8 Å². The van der Waals surface area contributed by atoms with Crippen molar-refractivity contribution >= 4 is 23.6 Å². The lowest BCUT2D eigenvalue weighted by Gasteiger charge is -2.15. The third-order valence-electron chi connectivity index (χ3n) is 4.99. The van der Waals surface area contributed by atoms with E-state index in [0.717, 1.165) is 42.1 Å². The minimum absolute atomic E-state index is 0.123. The summed E-state index contributed by atoms with van der Waals surface area (Å²) in [4.78, 5) is 27.6. The molecule has 1 amide bonds. The summed E-state index contributed by atoms with van der Waals surface area (Å²) in [5.74, 6) is 0.0694. The number of esters is 1. The lowest BCUT2D eigenvalue weighted by molar-refractivity contribution is -0.127. The maximum absolute atomic E-state index is 12.6. The van der Waals surface area contributed by atoms with Gasteiger partial charge in [0.05, 0.1) is 17.0 Å². The van der Waals surface area contributed by atoms with Crippen LogP contribution < -0.4 is 0 Å². The molecule has 0 radical (unpaired) electrons. The summed E-state index contributed by atoms with van der Waals surface area (Å²) in [6.07, 6.45) is 5.74. The molecular formula is C23H23N3O3S. The Labute approximate surface area is 179 Å². The molecule has 1 aliphatic heterocycles. The number of hydrogen-bond donors (Lipinski definition) is 0. The molecule has 0 unspecified atom stereocenters. The number of benzene rings is 2. The van der Waals surface area contributed by atoms with Crippen molar-refractivity contribution in [3.8, 4) is 5.69 Å². The minimum atomic E-state index is -0.386. The van der Waals surface area contributed by atoms with E-state index in [1.807, 2.05) is 59.6 Å². The van der Waals surface area contributed by atoms with Gasteiger partial charge in [-0.2, -0.15) is 5.10 Å². The molecule has 0 bridgehead atoms. The van der Waals surface area contributed by atoms with E-state index in [1.54, 1.807) is 16.9 Å². The van der Waals surface area contributed by atoms with Crippen LogP contribution in [0, 0.1) is 0 Å². The van der Waals surface area contributed by atoms with Crippen molar-refractivity contribution in [2.45, 2.75) is 24.3 Å². The molecule has 3 aromatic rings. The van der Waals surface area contributed by atoms with E-state index >= 15 is 0 Å². The Morgan fingerprint density at radius 1 is 1.00 bits per heavy atom. The van der Waals surface area contributed by atoms with E-state index < -0.39 is 0 Å². The molecular weight excluding hydrogens is 398 g/mol. The largest absolute Gasteiger partial charge is 0.457 e. The average Bonchev–Trinajstić information content (AvgIpc) is 3.51. The number of thioether (sulfide) groups is 1. The van der Waals surface area contributed by atoms with Crippen LogP contribution >= 0.6 is 11.8 Å². The van der Waals surface area contributed by atoms with Gasteiger partial charge in [0.15, 0.2) is 0 Å². The quantitative estimate of drug-likeness (QED) is 0.427. The zero-order valence-corrected chi connectivity index (χ0v) is 17.4. The van der Waals surface area contributed by atoms with Gasteiger partial charge in [-0.25, -0.2) is 9.48 Å². The van der Waals surface area contributed by atoms with Crippen LogP contribution in [0.2, 0.25) is 0 Å². The topological polar surface area (TPSA) is 64.4 Å². The van der Waals surface area contributed by atoms with E-state index in [2.05, 4.69) is 5.10 Å². The number of nitrogens with zero attached hydrogens (tertiary/aromatic N) is 3. The van der Waals surface area contributed by atoms with Gasteiger partial charge in [-0.3, -0.25) is 4.79 Å². The molecule has 0 spiro atoms. The van der Waals surface area contributed by atoms with Crippen LogP contribution in [0.3, 0.4) is 0 Å². The van der Waals surface area contributed by atoms with Crippen LogP contribution in [-0.4, -0.2) is 45.4 Å². The maximum Gasteiger partial charge on any atom is 0.339 e. The number of aromatic nitrogens is 2. The van der Waals surface area contributed by atoms with Crippen LogP contribution in [-0.2, 0) is 16.1 Å². The summed E-state index contributed by atoms with van der Waals surface area (Å²) in [7, 11) is 0. The van der Waals surface area contributed by atoms with Gasteiger partial charge in [0, 0.05) is 30.4 Å². The Kier molecular flexibility index (Phi) is 6.49. The summed E-state index contributed by atoms with van der Waals surface area (Å²) >= 11 is 1.39. The Morgan fingerprint density at radius 3 is 2.50 bits per heavy atom. The van der Waals surface area contributed by atoms with E-state index in [-0.39, 0.29) is 18.5 Å². The zero-order chi connectivity index (χ0) is 20.8. The molecule has 1 aliphatic rings. The number of hydrogen-bond acceptors (Lipinski definition) is 5. The fourth-order valence-corrected chi connectivity index (χ4v) is 4.29. The van der Waals surface area contributed by atoms with Gasteiger partial charge in [-0.05, 0) is 48.7 Å². The van der Waals surface area contributed by atoms with Crippen LogP contribution in [0.4, 0.5) is 0 Å². The Balaban J connectivity index is 1.34. The maximum atomic E-state index is 12.6. The number of amides is 1. The van der Waals surface area contributed by atoms with Crippen molar-refractivity contribution in [1.82, 2.24) is 14.7 Å². The molecule has 0 saturated carbocycles. The third-order valence-corrected chi connectivity index (χ3v) is 6.05. The van der Waals surface area contributed by atoms with E-state index in [0.29, 0.717) is 11.3 Å². The van der Waals surface area contributed by atoms with Gasteiger partial charge in [0.2, 0.25) is 5.91 Å². The predicted octanol–water partition coefficient (Wildman–Crippen LogP) is 3.94. The van der Waals surface area contributed by atoms with Crippen molar-refractivity contribution in [3.05, 3.63) is 78.1 Å². The Morgan fingerprint density at radius 2 is 1.77 bits per heavy atom. The molecule has 0 N–H and O–H groups in total. The summed E-state index contributed by atoms with van der Waals surface area (Å²) in [6.45, 7) is 1.86.